The molecule has 0 saturated carbocycles. The van der Waals surface area contributed by atoms with Crippen LogP contribution in [0.25, 0.3) is 0 Å². The van der Waals surface area contributed by atoms with E-state index in [-0.39, 0.29) is 0 Å². The van der Waals surface area contributed by atoms with Crippen LogP contribution < -0.4 is 0 Å². The van der Waals surface area contributed by atoms with E-state index < -0.39 is 8.25 Å². The van der Waals surface area contributed by atoms with Gasteiger partial charge in [0.05, 0.1) is 0 Å². The molecule has 12 heavy (non-hydrogen) atoms. The van der Waals surface area contributed by atoms with Crippen molar-refractivity contribution in [2.45, 2.75) is 0 Å². The second-order valence-corrected chi connectivity index (χ2v) is 3.86. The predicted octanol–water partition coefficient (Wildman–Crippen LogP) is 0.715. The van der Waals surface area contributed by atoms with E-state index in [9.17, 15) is 4.57 Å². The fourth-order valence-corrected chi connectivity index (χ4v) is 1.09. The fourth-order valence-electron chi connectivity index (χ4n) is 0.362. The van der Waals surface area contributed by atoms with Crippen molar-refractivity contribution >= 4 is 8.25 Å². The van der Waals surface area contributed by atoms with E-state index in [4.69, 9.17) is 9.05 Å². The quantitative estimate of drug-likeness (QED) is 0.461. The highest BCUT2D eigenvalue weighted by Gasteiger charge is 2.20. The van der Waals surface area contributed by atoms with Crippen molar-refractivity contribution in [3.63, 3.8) is 0 Å². The van der Waals surface area contributed by atoms with Crippen molar-refractivity contribution in [1.29, 1.82) is 0 Å². The Kier molecular flexibility index (Phi) is 6.42. The van der Waals surface area contributed by atoms with Gasteiger partial charge in [-0.1, -0.05) is 0 Å². The minimum Gasteiger partial charge on any atom is -0.283 e. The molecule has 0 aliphatic heterocycles. The van der Waals surface area contributed by atoms with Crippen LogP contribution in [0.1, 0.15) is 0 Å². The first-order valence-electron chi connectivity index (χ1n) is 3.55. The summed E-state index contributed by atoms with van der Waals surface area (Å²) in [5.74, 6) is 0. The average Bonchev–Trinajstić information content (AvgIpc) is 1.96. The van der Waals surface area contributed by atoms with Gasteiger partial charge in [0.1, 0.15) is 0 Å². The molecule has 0 aromatic rings. The van der Waals surface area contributed by atoms with E-state index in [0.29, 0.717) is 13.5 Å². The van der Waals surface area contributed by atoms with Crippen LogP contribution in [-0.2, 0) is 13.6 Å². The van der Waals surface area contributed by atoms with Crippen molar-refractivity contribution in [2.75, 3.05) is 41.7 Å². The maximum absolute atomic E-state index is 10.9. The second kappa shape index (κ2) is 6.46. The van der Waals surface area contributed by atoms with Gasteiger partial charge in [-0.2, -0.15) is 0 Å². The third-order valence-electron chi connectivity index (χ3n) is 0.843. The topological polar surface area (TPSA) is 42.0 Å². The Morgan fingerprint density at radius 2 is 1.33 bits per heavy atom. The summed E-state index contributed by atoms with van der Waals surface area (Å²) < 4.78 is 20.6. The van der Waals surface area contributed by atoms with E-state index in [1.165, 1.54) is 0 Å². The van der Waals surface area contributed by atoms with Crippen molar-refractivity contribution in [3.05, 3.63) is 0 Å². The second-order valence-electron chi connectivity index (χ2n) is 2.90. The molecule has 6 heteroatoms. The zero-order chi connectivity index (χ0) is 9.56. The molecule has 0 spiro atoms. The SMILES string of the molecule is CN(C)CO[P+](=O)OCN(C)C. The molecule has 0 bridgehead atoms. The van der Waals surface area contributed by atoms with Crippen LogP contribution in [0.4, 0.5) is 0 Å². The first-order valence-corrected chi connectivity index (χ1v) is 4.64. The van der Waals surface area contributed by atoms with E-state index in [1.54, 1.807) is 9.80 Å². The molecule has 0 aliphatic carbocycles. The van der Waals surface area contributed by atoms with Crippen LogP contribution in [0, 0.1) is 0 Å². The summed E-state index contributed by atoms with van der Waals surface area (Å²) in [5, 5.41) is 0. The lowest BCUT2D eigenvalue weighted by atomic mass is 11.0. The van der Waals surface area contributed by atoms with Crippen LogP contribution in [0.3, 0.4) is 0 Å². The van der Waals surface area contributed by atoms with Crippen LogP contribution in [0.2, 0.25) is 0 Å². The molecule has 0 aromatic heterocycles. The Balaban J connectivity index is 3.34. The Labute approximate surface area is 74.2 Å². The number of nitrogens with zero attached hydrogens (tertiary/aromatic N) is 2. The van der Waals surface area contributed by atoms with E-state index in [0.717, 1.165) is 0 Å². The third kappa shape index (κ3) is 8.04. The van der Waals surface area contributed by atoms with Crippen LogP contribution >= 0.6 is 8.25 Å². The van der Waals surface area contributed by atoms with Crippen molar-refractivity contribution in [2.24, 2.45) is 0 Å². The zero-order valence-electron chi connectivity index (χ0n) is 7.98. The molecular formula is C6H16N2O3P+. The molecule has 72 valence electrons. The number of hydrogen-bond acceptors (Lipinski definition) is 5. The molecule has 0 saturated heterocycles. The maximum Gasteiger partial charge on any atom is 0.700 e. The van der Waals surface area contributed by atoms with Gasteiger partial charge in [-0.15, -0.1) is 9.05 Å². The summed E-state index contributed by atoms with van der Waals surface area (Å²) in [7, 11) is 5.34. The van der Waals surface area contributed by atoms with Crippen molar-refractivity contribution in [3.8, 4) is 0 Å². The Hall–Kier alpha value is -0.0600. The molecule has 0 radical (unpaired) electrons. The molecule has 0 fully saturated rings. The molecule has 0 atom stereocenters. The Morgan fingerprint density at radius 3 is 1.58 bits per heavy atom. The minimum absolute atomic E-state index is 0.308. The minimum atomic E-state index is -1.98. The van der Waals surface area contributed by atoms with Gasteiger partial charge >= 0.3 is 8.25 Å². The van der Waals surface area contributed by atoms with Crippen LogP contribution in [-0.4, -0.2) is 51.5 Å². The Morgan fingerprint density at radius 1 is 1.00 bits per heavy atom. The summed E-state index contributed by atoms with van der Waals surface area (Å²) in [4.78, 5) is 3.54. The first kappa shape index (κ1) is 11.9. The third-order valence-corrected chi connectivity index (χ3v) is 1.50. The molecule has 0 aliphatic rings. The van der Waals surface area contributed by atoms with E-state index in [1.807, 2.05) is 28.2 Å². The van der Waals surface area contributed by atoms with Gasteiger partial charge in [-0.05, 0) is 28.2 Å². The van der Waals surface area contributed by atoms with Gasteiger partial charge in [0.25, 0.3) is 0 Å². The number of hydrogen-bond donors (Lipinski definition) is 0. The van der Waals surface area contributed by atoms with Crippen molar-refractivity contribution < 1.29 is 13.6 Å². The largest absolute Gasteiger partial charge is 0.700 e. The normalized spacial score (nSPS) is 11.2. The molecule has 0 N–H and O–H groups in total. The molecule has 0 heterocycles. The van der Waals surface area contributed by atoms with E-state index >= 15 is 0 Å². The van der Waals surface area contributed by atoms with Gasteiger partial charge in [0.2, 0.25) is 0 Å². The first-order chi connectivity index (χ1) is 5.52. The summed E-state index contributed by atoms with van der Waals surface area (Å²) >= 11 is 0. The smallest absolute Gasteiger partial charge is 0.283 e. The summed E-state index contributed by atoms with van der Waals surface area (Å²) in [6.45, 7) is 0.616. The summed E-state index contributed by atoms with van der Waals surface area (Å²) in [6.07, 6.45) is 0. The van der Waals surface area contributed by atoms with Gasteiger partial charge in [-0.25, -0.2) is 0 Å². The molecule has 0 amide bonds. The monoisotopic (exact) mass is 195 g/mol. The lowest BCUT2D eigenvalue weighted by molar-refractivity contribution is 0.120. The molecule has 0 rings (SSSR count). The highest BCUT2D eigenvalue weighted by Crippen LogP contribution is 2.22. The van der Waals surface area contributed by atoms with E-state index in [2.05, 4.69) is 0 Å². The fraction of sp³-hybridized carbons (Fsp3) is 1.00. The molecule has 5 nitrogen and oxygen atoms in total. The standard InChI is InChI=1S/C6H16N2O3P/c1-7(2)5-10-12(9)11-6-8(3)4/h5-6H2,1-4H3/q+1. The van der Waals surface area contributed by atoms with Gasteiger partial charge < -0.3 is 0 Å². The number of rotatable bonds is 6. The van der Waals surface area contributed by atoms with Crippen LogP contribution in [0.15, 0.2) is 0 Å². The zero-order valence-corrected chi connectivity index (χ0v) is 8.88. The molecule has 0 aromatic carbocycles. The molecule has 0 unspecified atom stereocenters. The highest BCUT2D eigenvalue weighted by atomic mass is 31.1. The van der Waals surface area contributed by atoms with Crippen molar-refractivity contribution in [1.82, 2.24) is 9.80 Å². The lowest BCUT2D eigenvalue weighted by Crippen LogP contribution is -2.16. The Bertz CT molecular complexity index is 127. The van der Waals surface area contributed by atoms with Gasteiger partial charge in [-0.3, -0.25) is 9.80 Å². The lowest BCUT2D eigenvalue weighted by Gasteiger charge is -2.03. The maximum atomic E-state index is 10.9. The summed E-state index contributed by atoms with van der Waals surface area (Å²) in [6, 6.07) is 0. The highest BCUT2D eigenvalue weighted by molar-refractivity contribution is 7.33. The summed E-state index contributed by atoms with van der Waals surface area (Å²) in [5.41, 5.74) is 0. The average molecular weight is 195 g/mol. The predicted molar refractivity (Wildman–Crippen MR) is 46.9 cm³/mol. The van der Waals surface area contributed by atoms with Gasteiger partial charge in [0.15, 0.2) is 13.5 Å². The molecular weight excluding hydrogens is 179 g/mol. The van der Waals surface area contributed by atoms with Gasteiger partial charge in [0, 0.05) is 4.57 Å². The van der Waals surface area contributed by atoms with Crippen LogP contribution in [0.5, 0.6) is 0 Å².